The van der Waals surface area contributed by atoms with E-state index in [1.54, 1.807) is 0 Å². The van der Waals surface area contributed by atoms with Crippen molar-refractivity contribution in [2.75, 3.05) is 20.2 Å². The van der Waals surface area contributed by atoms with Gasteiger partial charge in [-0.25, -0.2) is 0 Å². The molecule has 11 nitrogen and oxygen atoms in total. The molecule has 1 aromatic rings. The molecule has 0 saturated carbocycles. The van der Waals surface area contributed by atoms with Crippen molar-refractivity contribution in [3.05, 3.63) is 27.8 Å². The molecule has 0 radical (unpaired) electrons. The van der Waals surface area contributed by atoms with E-state index < -0.39 is 35.6 Å². The number of aromatic hydroxyl groups is 1. The van der Waals surface area contributed by atoms with E-state index in [1.807, 2.05) is 0 Å². The highest BCUT2D eigenvalue weighted by Gasteiger charge is 2.18. The molecule has 3 N–H and O–H groups in total. The summed E-state index contributed by atoms with van der Waals surface area (Å²) in [6, 6.07) is 1.97. The smallest absolute Gasteiger partial charge is 0.324 e. The predicted molar refractivity (Wildman–Crippen MR) is 75.8 cm³/mol. The number of nitrogens with zero attached hydrogens (tertiary/aromatic N) is 3. The first-order valence-electron chi connectivity index (χ1n) is 6.02. The summed E-state index contributed by atoms with van der Waals surface area (Å²) in [5, 5.41) is 42.3. The van der Waals surface area contributed by atoms with E-state index in [-0.39, 0.29) is 17.1 Å². The summed E-state index contributed by atoms with van der Waals surface area (Å²) < 4.78 is 4.76. The highest BCUT2D eigenvalue weighted by Crippen LogP contribution is 2.32. The van der Waals surface area contributed by atoms with Gasteiger partial charge in [0.1, 0.15) is 13.1 Å². The zero-order valence-corrected chi connectivity index (χ0v) is 11.9. The molecule has 0 unspecified atom stereocenters. The molecule has 0 amide bonds. The highest BCUT2D eigenvalue weighted by molar-refractivity contribution is 5.87. The van der Waals surface area contributed by atoms with Crippen molar-refractivity contribution in [3.63, 3.8) is 0 Å². The Morgan fingerprint density at radius 3 is 2.35 bits per heavy atom. The van der Waals surface area contributed by atoms with Crippen LogP contribution in [0, 0.1) is 10.1 Å². The number of carboxylic acids is 2. The van der Waals surface area contributed by atoms with E-state index in [9.17, 15) is 24.8 Å². The van der Waals surface area contributed by atoms with E-state index >= 15 is 0 Å². The molecule has 0 aliphatic rings. The zero-order valence-electron chi connectivity index (χ0n) is 11.9. The quantitative estimate of drug-likeness (QED) is 0.341. The van der Waals surface area contributed by atoms with Crippen LogP contribution in [-0.4, -0.2) is 63.6 Å². The van der Waals surface area contributed by atoms with Gasteiger partial charge in [-0.05, 0) is 6.07 Å². The number of hydrogen-bond acceptors (Lipinski definition) is 8. The molecule has 0 bridgehead atoms. The molecule has 1 rings (SSSR count). The summed E-state index contributed by atoms with van der Waals surface area (Å²) in [6.07, 6.45) is 0.892. The number of hydrogen-bond donors (Lipinski definition) is 3. The van der Waals surface area contributed by atoms with Crippen LogP contribution in [0.2, 0.25) is 0 Å². The van der Waals surface area contributed by atoms with E-state index in [0.717, 1.165) is 18.3 Å². The average Bonchev–Trinajstić information content (AvgIpc) is 2.43. The number of carboxylic acid groups (broad SMARTS) is 2. The largest absolute Gasteiger partial charge is 0.504 e. The number of nitro groups is 1. The number of phenolic OH excluding ortho intramolecular Hbond substituents is 1. The van der Waals surface area contributed by atoms with Crippen LogP contribution in [0.5, 0.6) is 11.5 Å². The lowest BCUT2D eigenvalue weighted by Crippen LogP contribution is -2.30. The Bertz CT molecular complexity index is 642. The third-order valence-electron chi connectivity index (χ3n) is 2.52. The van der Waals surface area contributed by atoms with Crippen molar-refractivity contribution in [1.82, 2.24) is 5.01 Å². The Labute approximate surface area is 129 Å². The Morgan fingerprint density at radius 1 is 1.35 bits per heavy atom. The van der Waals surface area contributed by atoms with Crippen LogP contribution >= 0.6 is 0 Å². The fourth-order valence-corrected chi connectivity index (χ4v) is 1.59. The molecule has 0 spiro atoms. The topological polar surface area (TPSA) is 163 Å². The van der Waals surface area contributed by atoms with Crippen LogP contribution in [0.25, 0.3) is 0 Å². The molecule has 0 aliphatic carbocycles. The molecular formula is C12H13N3O8. The van der Waals surface area contributed by atoms with Gasteiger partial charge in [0.2, 0.25) is 0 Å². The van der Waals surface area contributed by atoms with Gasteiger partial charge in [0.15, 0.2) is 11.5 Å². The van der Waals surface area contributed by atoms with Gasteiger partial charge < -0.3 is 20.1 Å². The minimum absolute atomic E-state index is 0.123. The molecule has 0 fully saturated rings. The lowest BCUT2D eigenvalue weighted by atomic mass is 10.1. The van der Waals surface area contributed by atoms with Gasteiger partial charge in [-0.2, -0.15) is 5.10 Å². The van der Waals surface area contributed by atoms with Crippen molar-refractivity contribution in [1.29, 1.82) is 0 Å². The van der Waals surface area contributed by atoms with Crippen molar-refractivity contribution in [3.8, 4) is 11.5 Å². The first kappa shape index (κ1) is 17.7. The standard InChI is InChI=1S/C12H13N3O8/c1-23-10-3-8(15(21)22)7(2-9(10)16)4-13-14(5-11(17)18)6-12(19)20/h2-4,16H,5-6H2,1H3,(H,17,18)(H,19,20)/b13-4-. The number of aliphatic carboxylic acids is 2. The summed E-state index contributed by atoms with van der Waals surface area (Å²) in [7, 11) is 1.22. The molecule has 124 valence electrons. The third-order valence-corrected chi connectivity index (χ3v) is 2.52. The van der Waals surface area contributed by atoms with Crippen LogP contribution < -0.4 is 4.74 Å². The fraction of sp³-hybridized carbons (Fsp3) is 0.250. The molecule has 0 aromatic heterocycles. The minimum atomic E-state index is -1.32. The number of rotatable bonds is 8. The number of ether oxygens (including phenoxy) is 1. The van der Waals surface area contributed by atoms with Crippen LogP contribution in [0.15, 0.2) is 17.2 Å². The lowest BCUT2D eigenvalue weighted by Gasteiger charge is -2.13. The molecule has 1 aromatic carbocycles. The average molecular weight is 327 g/mol. The highest BCUT2D eigenvalue weighted by atomic mass is 16.6. The minimum Gasteiger partial charge on any atom is -0.504 e. The Hall–Kier alpha value is -3.37. The van der Waals surface area contributed by atoms with E-state index in [4.69, 9.17) is 14.9 Å². The van der Waals surface area contributed by atoms with Crippen LogP contribution in [0.3, 0.4) is 0 Å². The number of benzene rings is 1. The van der Waals surface area contributed by atoms with Crippen LogP contribution in [-0.2, 0) is 9.59 Å². The van der Waals surface area contributed by atoms with Gasteiger partial charge in [-0.1, -0.05) is 0 Å². The summed E-state index contributed by atoms with van der Waals surface area (Å²) in [5.74, 6) is -3.16. The van der Waals surface area contributed by atoms with E-state index in [1.165, 1.54) is 7.11 Å². The van der Waals surface area contributed by atoms with Gasteiger partial charge in [0.25, 0.3) is 5.69 Å². The zero-order chi connectivity index (χ0) is 17.6. The van der Waals surface area contributed by atoms with Gasteiger partial charge in [0.05, 0.1) is 29.9 Å². The molecule has 0 saturated heterocycles. The molecule has 0 aliphatic heterocycles. The number of methoxy groups -OCH3 is 1. The first-order chi connectivity index (χ1) is 10.7. The number of nitro benzene ring substituents is 1. The summed E-state index contributed by atoms with van der Waals surface area (Å²) in [5.41, 5.74) is -0.594. The second kappa shape index (κ2) is 7.59. The maximum absolute atomic E-state index is 11.0. The van der Waals surface area contributed by atoms with Crippen LogP contribution in [0.4, 0.5) is 5.69 Å². The van der Waals surface area contributed by atoms with Crippen molar-refractivity contribution < 1.29 is 34.6 Å². The molecule has 0 heterocycles. The van der Waals surface area contributed by atoms with Crippen molar-refractivity contribution in [2.45, 2.75) is 0 Å². The third kappa shape index (κ3) is 5.15. The normalized spacial score (nSPS) is 10.5. The summed E-state index contributed by atoms with van der Waals surface area (Å²) in [6.45, 7) is -1.42. The van der Waals surface area contributed by atoms with Crippen LogP contribution in [0.1, 0.15) is 5.56 Å². The Morgan fingerprint density at radius 2 is 1.91 bits per heavy atom. The SMILES string of the molecule is COc1cc([N+](=O)[O-])c(/C=N\N(CC(=O)O)CC(=O)O)cc1O. The predicted octanol–water partition coefficient (Wildman–Crippen LogP) is 0.114. The monoisotopic (exact) mass is 327 g/mol. The van der Waals surface area contributed by atoms with Gasteiger partial charge in [-0.3, -0.25) is 24.7 Å². The van der Waals surface area contributed by atoms with E-state index in [0.29, 0.717) is 5.01 Å². The van der Waals surface area contributed by atoms with E-state index in [2.05, 4.69) is 5.10 Å². The second-order valence-corrected chi connectivity index (χ2v) is 4.19. The Balaban J connectivity index is 3.17. The lowest BCUT2D eigenvalue weighted by molar-refractivity contribution is -0.385. The summed E-state index contributed by atoms with van der Waals surface area (Å²) in [4.78, 5) is 31.5. The molecule has 11 heteroatoms. The number of carbonyl (C=O) groups is 2. The molecular weight excluding hydrogens is 314 g/mol. The molecule has 23 heavy (non-hydrogen) atoms. The van der Waals surface area contributed by atoms with Gasteiger partial charge in [0, 0.05) is 0 Å². The van der Waals surface area contributed by atoms with Crippen molar-refractivity contribution in [2.24, 2.45) is 5.10 Å². The molecule has 0 atom stereocenters. The van der Waals surface area contributed by atoms with Crippen molar-refractivity contribution >= 4 is 23.8 Å². The number of hydrazone groups is 1. The van der Waals surface area contributed by atoms with Gasteiger partial charge in [-0.15, -0.1) is 0 Å². The summed E-state index contributed by atoms with van der Waals surface area (Å²) >= 11 is 0. The maximum Gasteiger partial charge on any atom is 0.324 e. The first-order valence-corrected chi connectivity index (χ1v) is 6.02. The second-order valence-electron chi connectivity index (χ2n) is 4.19. The fourth-order valence-electron chi connectivity index (χ4n) is 1.59. The number of phenols is 1. The maximum atomic E-state index is 11.0. The van der Waals surface area contributed by atoms with Gasteiger partial charge >= 0.3 is 11.9 Å². The Kier molecular flexibility index (Phi) is 5.83.